The molecule has 2 N–H and O–H groups in total. The van der Waals surface area contributed by atoms with Crippen LogP contribution in [0.5, 0.6) is 0 Å². The Morgan fingerprint density at radius 1 is 1.05 bits per heavy atom. The lowest BCUT2D eigenvalue weighted by Gasteiger charge is -2.30. The molecule has 3 atom stereocenters. The van der Waals surface area contributed by atoms with Crippen LogP contribution in [0, 0.1) is 11.3 Å². The third kappa shape index (κ3) is 6.55. The van der Waals surface area contributed by atoms with Crippen molar-refractivity contribution in [3.63, 3.8) is 0 Å². The molecular weight excluding hydrogens is 248 g/mol. The lowest BCUT2D eigenvalue weighted by Crippen LogP contribution is -2.48. The minimum Gasteiger partial charge on any atom is -0.388 e. The highest BCUT2D eigenvalue weighted by Crippen LogP contribution is 2.36. The van der Waals surface area contributed by atoms with Crippen LogP contribution >= 0.6 is 0 Å². The Hall–Kier alpha value is -0.120. The first-order valence-electron chi connectivity index (χ1n) is 8.21. The van der Waals surface area contributed by atoms with Gasteiger partial charge in [0.2, 0.25) is 0 Å². The van der Waals surface area contributed by atoms with Crippen molar-refractivity contribution < 1.29 is 5.11 Å². The Labute approximate surface area is 126 Å². The Kier molecular flexibility index (Phi) is 6.49. The van der Waals surface area contributed by atoms with Crippen LogP contribution in [-0.2, 0) is 0 Å². The molecule has 0 amide bonds. The van der Waals surface area contributed by atoms with Gasteiger partial charge in [0.1, 0.15) is 0 Å². The fraction of sp³-hybridized carbons (Fsp3) is 1.00. The van der Waals surface area contributed by atoms with E-state index in [2.05, 4.69) is 26.1 Å². The maximum Gasteiger partial charge on any atom is 0.0869 e. The first-order valence-corrected chi connectivity index (χ1v) is 8.21. The molecule has 0 aliphatic heterocycles. The molecule has 1 saturated carbocycles. The lowest BCUT2D eigenvalue weighted by atomic mass is 9.76. The van der Waals surface area contributed by atoms with Crippen molar-refractivity contribution in [2.24, 2.45) is 11.3 Å². The van der Waals surface area contributed by atoms with Crippen LogP contribution in [0.15, 0.2) is 0 Å². The molecule has 1 aliphatic carbocycles. The van der Waals surface area contributed by atoms with Crippen molar-refractivity contribution in [3.8, 4) is 0 Å². The van der Waals surface area contributed by atoms with Crippen LogP contribution in [0.25, 0.3) is 0 Å². The van der Waals surface area contributed by atoms with Gasteiger partial charge in [0.05, 0.1) is 5.60 Å². The van der Waals surface area contributed by atoms with Gasteiger partial charge in [-0.3, -0.25) is 0 Å². The Bertz CT molecular complexity index is 281. The molecule has 0 heterocycles. The Morgan fingerprint density at radius 3 is 2.25 bits per heavy atom. The fourth-order valence-electron chi connectivity index (χ4n) is 3.47. The van der Waals surface area contributed by atoms with Crippen LogP contribution in [0.2, 0.25) is 0 Å². The predicted molar refractivity (Wildman–Crippen MR) is 87.0 cm³/mol. The summed E-state index contributed by atoms with van der Waals surface area (Å²) < 4.78 is 0. The van der Waals surface area contributed by atoms with E-state index in [-0.39, 0.29) is 0 Å². The summed E-state index contributed by atoms with van der Waals surface area (Å²) in [6.45, 7) is 10.4. The number of likely N-dealkylation sites (N-methyl/N-ethyl adjacent to an activating group) is 1. The van der Waals surface area contributed by atoms with E-state index in [4.69, 9.17) is 0 Å². The molecule has 3 unspecified atom stereocenters. The molecule has 20 heavy (non-hydrogen) atoms. The van der Waals surface area contributed by atoms with Crippen LogP contribution in [0.4, 0.5) is 0 Å². The minimum atomic E-state index is -0.640. The van der Waals surface area contributed by atoms with Gasteiger partial charge < -0.3 is 15.3 Å². The van der Waals surface area contributed by atoms with E-state index in [0.29, 0.717) is 24.5 Å². The lowest BCUT2D eigenvalue weighted by molar-refractivity contribution is 0.0308. The number of hydrogen-bond donors (Lipinski definition) is 2. The van der Waals surface area contributed by atoms with Crippen molar-refractivity contribution in [2.45, 2.75) is 71.4 Å². The zero-order valence-corrected chi connectivity index (χ0v) is 14.5. The Morgan fingerprint density at radius 2 is 1.70 bits per heavy atom. The molecule has 3 nitrogen and oxygen atoms in total. The van der Waals surface area contributed by atoms with Crippen molar-refractivity contribution in [1.82, 2.24) is 10.2 Å². The van der Waals surface area contributed by atoms with E-state index in [9.17, 15) is 5.11 Å². The molecule has 0 aromatic rings. The topological polar surface area (TPSA) is 35.5 Å². The normalized spacial score (nSPS) is 28.2. The van der Waals surface area contributed by atoms with Gasteiger partial charge in [0.25, 0.3) is 0 Å². The highest BCUT2D eigenvalue weighted by atomic mass is 16.3. The highest BCUT2D eigenvalue weighted by molar-refractivity contribution is 4.84. The third-order valence-corrected chi connectivity index (χ3v) is 4.62. The van der Waals surface area contributed by atoms with E-state index in [1.807, 2.05) is 25.9 Å². The van der Waals surface area contributed by atoms with Crippen molar-refractivity contribution >= 4 is 0 Å². The van der Waals surface area contributed by atoms with Crippen LogP contribution in [0.1, 0.15) is 59.8 Å². The van der Waals surface area contributed by atoms with Gasteiger partial charge >= 0.3 is 0 Å². The smallest absolute Gasteiger partial charge is 0.0869 e. The van der Waals surface area contributed by atoms with E-state index in [1.165, 1.54) is 32.1 Å². The summed E-state index contributed by atoms with van der Waals surface area (Å²) in [7, 11) is 4.02. The van der Waals surface area contributed by atoms with Gasteiger partial charge in [-0.05, 0) is 58.0 Å². The number of nitrogens with zero attached hydrogens (tertiary/aromatic N) is 1. The molecule has 1 rings (SSSR count). The van der Waals surface area contributed by atoms with Gasteiger partial charge in [0, 0.05) is 19.1 Å². The van der Waals surface area contributed by atoms with Crippen molar-refractivity contribution in [1.29, 1.82) is 0 Å². The van der Waals surface area contributed by atoms with Crippen molar-refractivity contribution in [3.05, 3.63) is 0 Å². The SMILES string of the molecule is CN(C)CC(C)(O)CNC1CCCC(C(C)(C)C)CC1. The molecule has 0 spiro atoms. The minimum absolute atomic E-state index is 0.436. The number of aliphatic hydroxyl groups is 1. The number of rotatable bonds is 5. The van der Waals surface area contributed by atoms with Crippen LogP contribution in [-0.4, -0.2) is 48.8 Å². The number of hydrogen-bond acceptors (Lipinski definition) is 3. The molecular formula is C17H36N2O. The summed E-state index contributed by atoms with van der Waals surface area (Å²) >= 11 is 0. The third-order valence-electron chi connectivity index (χ3n) is 4.62. The second-order valence-corrected chi connectivity index (χ2v) is 8.38. The molecule has 1 aliphatic rings. The zero-order chi connectivity index (χ0) is 15.4. The van der Waals surface area contributed by atoms with Gasteiger partial charge in [-0.25, -0.2) is 0 Å². The predicted octanol–water partition coefficient (Wildman–Crippen LogP) is 2.88. The zero-order valence-electron chi connectivity index (χ0n) is 14.5. The van der Waals surface area contributed by atoms with E-state index in [0.717, 1.165) is 5.92 Å². The molecule has 3 heteroatoms. The largest absolute Gasteiger partial charge is 0.388 e. The monoisotopic (exact) mass is 284 g/mol. The first-order chi connectivity index (χ1) is 9.10. The van der Waals surface area contributed by atoms with E-state index < -0.39 is 5.60 Å². The summed E-state index contributed by atoms with van der Waals surface area (Å²) in [5.74, 6) is 0.844. The Balaban J connectivity index is 2.39. The van der Waals surface area contributed by atoms with Crippen LogP contribution < -0.4 is 5.32 Å². The van der Waals surface area contributed by atoms with Gasteiger partial charge in [-0.1, -0.05) is 27.2 Å². The van der Waals surface area contributed by atoms with E-state index in [1.54, 1.807) is 0 Å². The molecule has 120 valence electrons. The molecule has 0 radical (unpaired) electrons. The van der Waals surface area contributed by atoms with Gasteiger partial charge in [0.15, 0.2) is 0 Å². The summed E-state index contributed by atoms with van der Waals surface area (Å²) in [4.78, 5) is 2.05. The summed E-state index contributed by atoms with van der Waals surface area (Å²) in [5, 5.41) is 14.0. The van der Waals surface area contributed by atoms with E-state index >= 15 is 0 Å². The van der Waals surface area contributed by atoms with Crippen LogP contribution in [0.3, 0.4) is 0 Å². The average Bonchev–Trinajstić information content (AvgIpc) is 2.49. The molecule has 0 bridgehead atoms. The van der Waals surface area contributed by atoms with Gasteiger partial charge in [-0.2, -0.15) is 0 Å². The number of nitrogens with one attached hydrogen (secondary N) is 1. The summed E-state index contributed by atoms with van der Waals surface area (Å²) in [6.07, 6.45) is 6.49. The highest BCUT2D eigenvalue weighted by Gasteiger charge is 2.29. The molecule has 0 aromatic carbocycles. The standard InChI is InChI=1S/C17H36N2O/c1-16(2,3)14-8-7-9-15(11-10-14)18-12-17(4,20)13-19(5)6/h14-15,18,20H,7-13H2,1-6H3. The fourth-order valence-corrected chi connectivity index (χ4v) is 3.47. The maximum absolute atomic E-state index is 10.4. The molecule has 1 fully saturated rings. The quantitative estimate of drug-likeness (QED) is 0.762. The molecule has 0 aromatic heterocycles. The summed E-state index contributed by atoms with van der Waals surface area (Å²) in [6, 6.07) is 0.580. The average molecular weight is 284 g/mol. The maximum atomic E-state index is 10.4. The van der Waals surface area contributed by atoms with Gasteiger partial charge in [-0.15, -0.1) is 0 Å². The second kappa shape index (κ2) is 7.24. The first kappa shape index (κ1) is 17.9. The second-order valence-electron chi connectivity index (χ2n) is 8.38. The van der Waals surface area contributed by atoms with Crippen molar-refractivity contribution in [2.75, 3.05) is 27.2 Å². The summed E-state index contributed by atoms with van der Waals surface area (Å²) in [5.41, 5.74) is -0.204. The molecule has 0 saturated heterocycles.